The van der Waals surface area contributed by atoms with Crippen LogP contribution in [0.25, 0.3) is 21.8 Å². The molecule has 5 nitrogen and oxygen atoms in total. The van der Waals surface area contributed by atoms with Crippen molar-refractivity contribution in [1.82, 2.24) is 14.9 Å². The van der Waals surface area contributed by atoms with Gasteiger partial charge in [-0.25, -0.2) is 4.98 Å². The Kier molecular flexibility index (Phi) is 6.13. The van der Waals surface area contributed by atoms with Crippen molar-refractivity contribution in [3.63, 3.8) is 0 Å². The van der Waals surface area contributed by atoms with Crippen LogP contribution in [0, 0.1) is 12.3 Å². The topological polar surface area (TPSA) is 50.4 Å². The van der Waals surface area contributed by atoms with E-state index in [1.54, 1.807) is 13.3 Å². The Balaban J connectivity index is 0.00000225. The molecule has 132 valence electrons. The van der Waals surface area contributed by atoms with Crippen LogP contribution in [0.5, 0.6) is 11.5 Å². The van der Waals surface area contributed by atoms with E-state index in [9.17, 15) is 0 Å². The second-order valence-corrected chi connectivity index (χ2v) is 5.91. The number of hydrogen-bond acceptors (Lipinski definition) is 4. The highest BCUT2D eigenvalue weighted by Crippen LogP contribution is 2.36. The smallest absolute Gasteiger partial charge is 0.163 e. The van der Waals surface area contributed by atoms with Gasteiger partial charge in [-0.2, -0.15) is 0 Å². The highest BCUT2D eigenvalue weighted by Gasteiger charge is 2.13. The zero-order chi connectivity index (χ0) is 17.1. The van der Waals surface area contributed by atoms with Crippen LogP contribution in [-0.4, -0.2) is 49.2 Å². The van der Waals surface area contributed by atoms with E-state index in [4.69, 9.17) is 15.9 Å². The molecule has 1 aromatic carbocycles. The first kappa shape index (κ1) is 18.9. The predicted octanol–water partition coefficient (Wildman–Crippen LogP) is 3.46. The molecule has 0 saturated heterocycles. The van der Waals surface area contributed by atoms with Gasteiger partial charge >= 0.3 is 0 Å². The molecule has 0 aliphatic heterocycles. The van der Waals surface area contributed by atoms with Crippen molar-refractivity contribution >= 4 is 34.2 Å². The molecule has 0 aliphatic rings. The van der Waals surface area contributed by atoms with Gasteiger partial charge in [0.1, 0.15) is 5.69 Å². The summed E-state index contributed by atoms with van der Waals surface area (Å²) < 4.78 is 11.4. The minimum Gasteiger partial charge on any atom is -0.493 e. The molecule has 0 fully saturated rings. The fraction of sp³-hybridized carbons (Fsp3) is 0.316. The van der Waals surface area contributed by atoms with Gasteiger partial charge < -0.3 is 19.4 Å². The summed E-state index contributed by atoms with van der Waals surface area (Å²) in [6.07, 6.45) is 8.25. The van der Waals surface area contributed by atoms with Gasteiger partial charge in [0, 0.05) is 29.6 Å². The summed E-state index contributed by atoms with van der Waals surface area (Å²) in [5.74, 6) is 4.07. The lowest BCUT2D eigenvalue weighted by Gasteiger charge is -2.13. The Hall–Kier alpha value is -2.42. The van der Waals surface area contributed by atoms with Crippen LogP contribution in [0.3, 0.4) is 0 Å². The lowest BCUT2D eigenvalue weighted by atomic mass is 10.1. The SMILES string of the molecule is C#Cc1nccc2[nH]c3cc(OCCCN(C)C)c(OC)cc3c12.Cl. The molecule has 0 radical (unpaired) electrons. The van der Waals surface area contributed by atoms with Gasteiger partial charge in [0.15, 0.2) is 11.5 Å². The first-order chi connectivity index (χ1) is 11.6. The van der Waals surface area contributed by atoms with E-state index in [1.165, 1.54) is 0 Å². The molecule has 1 N–H and O–H groups in total. The van der Waals surface area contributed by atoms with E-state index in [0.717, 1.165) is 40.5 Å². The van der Waals surface area contributed by atoms with Crippen LogP contribution in [0.4, 0.5) is 0 Å². The maximum Gasteiger partial charge on any atom is 0.163 e. The second kappa shape index (κ2) is 8.11. The fourth-order valence-corrected chi connectivity index (χ4v) is 2.80. The number of nitrogens with one attached hydrogen (secondary N) is 1. The number of hydrogen-bond donors (Lipinski definition) is 1. The number of aromatic nitrogens is 2. The Morgan fingerprint density at radius 3 is 2.72 bits per heavy atom. The Labute approximate surface area is 153 Å². The lowest BCUT2D eigenvalue weighted by Crippen LogP contribution is -2.15. The molecule has 0 bridgehead atoms. The van der Waals surface area contributed by atoms with E-state index in [-0.39, 0.29) is 12.4 Å². The van der Waals surface area contributed by atoms with Gasteiger partial charge in [-0.3, -0.25) is 0 Å². The monoisotopic (exact) mass is 359 g/mol. The number of ether oxygens (including phenoxy) is 2. The van der Waals surface area contributed by atoms with Gasteiger partial charge in [-0.15, -0.1) is 18.8 Å². The maximum absolute atomic E-state index is 5.91. The third kappa shape index (κ3) is 3.81. The van der Waals surface area contributed by atoms with Gasteiger partial charge in [0.25, 0.3) is 0 Å². The van der Waals surface area contributed by atoms with Crippen LogP contribution in [0.15, 0.2) is 24.4 Å². The minimum absolute atomic E-state index is 0. The van der Waals surface area contributed by atoms with Gasteiger partial charge in [-0.1, -0.05) is 0 Å². The third-order valence-electron chi connectivity index (χ3n) is 3.94. The molecular weight excluding hydrogens is 338 g/mol. The van der Waals surface area contributed by atoms with E-state index in [0.29, 0.717) is 18.1 Å². The number of H-pyrrole nitrogens is 1. The molecule has 0 aliphatic carbocycles. The number of rotatable bonds is 6. The van der Waals surface area contributed by atoms with E-state index < -0.39 is 0 Å². The molecule has 2 heterocycles. The summed E-state index contributed by atoms with van der Waals surface area (Å²) in [5.41, 5.74) is 2.54. The number of halogens is 1. The van der Waals surface area contributed by atoms with Crippen LogP contribution < -0.4 is 9.47 Å². The average Bonchev–Trinajstić information content (AvgIpc) is 2.95. The Bertz CT molecular complexity index is 912. The van der Waals surface area contributed by atoms with Crippen molar-refractivity contribution in [2.24, 2.45) is 0 Å². The fourth-order valence-electron chi connectivity index (χ4n) is 2.80. The van der Waals surface area contributed by atoms with Crippen LogP contribution in [-0.2, 0) is 0 Å². The van der Waals surface area contributed by atoms with Crippen molar-refractivity contribution in [1.29, 1.82) is 0 Å². The van der Waals surface area contributed by atoms with Crippen molar-refractivity contribution in [3.05, 3.63) is 30.1 Å². The van der Waals surface area contributed by atoms with Crippen molar-refractivity contribution in [2.45, 2.75) is 6.42 Å². The normalized spacial score (nSPS) is 10.7. The molecule has 0 unspecified atom stereocenters. The van der Waals surface area contributed by atoms with Gasteiger partial charge in [0.2, 0.25) is 0 Å². The predicted molar refractivity (Wildman–Crippen MR) is 104 cm³/mol. The number of terminal acetylenes is 1. The summed E-state index contributed by atoms with van der Waals surface area (Å²) in [5, 5.41) is 1.93. The largest absolute Gasteiger partial charge is 0.493 e. The molecule has 3 rings (SSSR count). The van der Waals surface area contributed by atoms with Crippen LogP contribution in [0.1, 0.15) is 12.1 Å². The number of nitrogens with zero attached hydrogens (tertiary/aromatic N) is 2. The summed E-state index contributed by atoms with van der Waals surface area (Å²) in [4.78, 5) is 9.78. The highest BCUT2D eigenvalue weighted by atomic mass is 35.5. The first-order valence-corrected chi connectivity index (χ1v) is 7.86. The second-order valence-electron chi connectivity index (χ2n) is 5.91. The molecule has 25 heavy (non-hydrogen) atoms. The first-order valence-electron chi connectivity index (χ1n) is 7.86. The van der Waals surface area contributed by atoms with E-state index >= 15 is 0 Å². The zero-order valence-corrected chi connectivity index (χ0v) is 15.4. The van der Waals surface area contributed by atoms with Gasteiger partial charge in [0.05, 0.1) is 24.8 Å². The molecule has 2 aromatic heterocycles. The van der Waals surface area contributed by atoms with Crippen molar-refractivity contribution in [2.75, 3.05) is 34.4 Å². The molecule has 0 saturated carbocycles. The van der Waals surface area contributed by atoms with E-state index in [2.05, 4.69) is 20.8 Å². The highest BCUT2D eigenvalue weighted by molar-refractivity contribution is 6.10. The van der Waals surface area contributed by atoms with Gasteiger partial charge in [-0.05, 0) is 38.6 Å². The summed E-state index contributed by atoms with van der Waals surface area (Å²) in [6, 6.07) is 5.84. The standard InChI is InChI=1S/C19H21N3O2.ClH/c1-5-14-19-13-11-17(23-4)18(24-10-6-9-22(2)3)12-16(13)21-15(19)7-8-20-14;/h1,7-8,11-12,21H,6,9-10H2,2-4H3;1H. The number of fused-ring (bicyclic) bond motifs is 3. The molecule has 6 heteroatoms. The van der Waals surface area contributed by atoms with E-state index in [1.807, 2.05) is 32.3 Å². The summed E-state index contributed by atoms with van der Waals surface area (Å²) in [6.45, 7) is 1.62. The molecule has 0 spiro atoms. The van der Waals surface area contributed by atoms with Crippen LogP contribution >= 0.6 is 12.4 Å². The lowest BCUT2D eigenvalue weighted by molar-refractivity contribution is 0.268. The Morgan fingerprint density at radius 1 is 1.24 bits per heavy atom. The Morgan fingerprint density at radius 2 is 2.04 bits per heavy atom. The zero-order valence-electron chi connectivity index (χ0n) is 14.6. The summed E-state index contributed by atoms with van der Waals surface area (Å²) >= 11 is 0. The van der Waals surface area contributed by atoms with Crippen molar-refractivity contribution in [3.8, 4) is 23.8 Å². The maximum atomic E-state index is 5.91. The number of benzene rings is 1. The summed E-state index contributed by atoms with van der Waals surface area (Å²) in [7, 11) is 5.74. The van der Waals surface area contributed by atoms with Crippen LogP contribution in [0.2, 0.25) is 0 Å². The quantitative estimate of drug-likeness (QED) is 0.541. The third-order valence-corrected chi connectivity index (χ3v) is 3.94. The number of aromatic amines is 1. The minimum atomic E-state index is 0. The molecule has 3 aromatic rings. The molecule has 0 amide bonds. The number of methoxy groups -OCH3 is 1. The van der Waals surface area contributed by atoms with Crippen molar-refractivity contribution < 1.29 is 9.47 Å². The molecular formula is C19H22ClN3O2. The average molecular weight is 360 g/mol. The number of pyridine rings is 1. The molecule has 0 atom stereocenters.